The van der Waals surface area contributed by atoms with Gasteiger partial charge in [0.15, 0.2) is 5.12 Å². The van der Waals surface area contributed by atoms with Crippen molar-refractivity contribution in [1.29, 1.82) is 0 Å². The lowest BCUT2D eigenvalue weighted by atomic mass is 10.1. The highest BCUT2D eigenvalue weighted by molar-refractivity contribution is 8.13. The quantitative estimate of drug-likeness (QED) is 0.740. The average molecular weight is 329 g/mol. The van der Waals surface area contributed by atoms with E-state index in [1.807, 2.05) is 45.0 Å². The first-order chi connectivity index (χ1) is 10.8. The molecule has 0 bridgehead atoms. The summed E-state index contributed by atoms with van der Waals surface area (Å²) in [5.74, 6) is 6.45. The molecular weight excluding hydrogens is 310 g/mol. The first kappa shape index (κ1) is 17.2. The van der Waals surface area contributed by atoms with E-state index in [2.05, 4.69) is 11.8 Å². The van der Waals surface area contributed by atoms with E-state index in [0.29, 0.717) is 5.75 Å². The summed E-state index contributed by atoms with van der Waals surface area (Å²) in [7, 11) is 0. The van der Waals surface area contributed by atoms with E-state index >= 15 is 0 Å². The van der Waals surface area contributed by atoms with Crippen LogP contribution in [0.1, 0.15) is 33.3 Å². The Morgan fingerprint density at radius 3 is 2.65 bits per heavy atom. The highest BCUT2D eigenvalue weighted by Crippen LogP contribution is 2.19. The lowest BCUT2D eigenvalue weighted by molar-refractivity contribution is -0.109. The Morgan fingerprint density at radius 1 is 1.26 bits per heavy atom. The fourth-order valence-corrected chi connectivity index (χ4v) is 2.31. The molecule has 0 radical (unpaired) electrons. The summed E-state index contributed by atoms with van der Waals surface area (Å²) in [6.07, 6.45) is 1.30. The summed E-state index contributed by atoms with van der Waals surface area (Å²) < 4.78 is 6.87. The summed E-state index contributed by atoms with van der Waals surface area (Å²) in [6, 6.07) is 7.48. The van der Waals surface area contributed by atoms with Crippen molar-refractivity contribution in [1.82, 2.24) is 4.57 Å². The molecule has 0 aliphatic carbocycles. The minimum atomic E-state index is -0.534. The second kappa shape index (κ2) is 6.93. The van der Waals surface area contributed by atoms with Crippen LogP contribution in [0.2, 0.25) is 0 Å². The van der Waals surface area contributed by atoms with Gasteiger partial charge in [-0.1, -0.05) is 23.6 Å². The van der Waals surface area contributed by atoms with Crippen LogP contribution >= 0.6 is 11.8 Å². The van der Waals surface area contributed by atoms with Crippen LogP contribution in [0.3, 0.4) is 0 Å². The number of ether oxygens (including phenoxy) is 1. The van der Waals surface area contributed by atoms with Gasteiger partial charge in [-0.3, -0.25) is 9.36 Å². The van der Waals surface area contributed by atoms with Crippen LogP contribution in [0, 0.1) is 11.8 Å². The maximum absolute atomic E-state index is 12.2. The molecule has 1 aromatic carbocycles. The lowest BCUT2D eigenvalue weighted by Crippen LogP contribution is -2.26. The van der Waals surface area contributed by atoms with E-state index in [4.69, 9.17) is 4.74 Å². The van der Waals surface area contributed by atoms with Gasteiger partial charge in [0, 0.05) is 24.1 Å². The van der Waals surface area contributed by atoms with Crippen molar-refractivity contribution in [2.24, 2.45) is 0 Å². The average Bonchev–Trinajstić information content (AvgIpc) is 2.84. The van der Waals surface area contributed by atoms with Crippen LogP contribution in [-0.2, 0) is 9.53 Å². The van der Waals surface area contributed by atoms with Crippen LogP contribution < -0.4 is 0 Å². The molecule has 0 aliphatic heterocycles. The molecular formula is C18H19NO3S. The van der Waals surface area contributed by atoms with Crippen molar-refractivity contribution in [2.75, 3.05) is 5.75 Å². The van der Waals surface area contributed by atoms with Crippen LogP contribution in [0.15, 0.2) is 30.5 Å². The van der Waals surface area contributed by atoms with Crippen molar-refractivity contribution in [3.05, 3.63) is 36.0 Å². The molecule has 120 valence electrons. The fourth-order valence-electron chi connectivity index (χ4n) is 1.97. The van der Waals surface area contributed by atoms with E-state index in [9.17, 15) is 9.59 Å². The number of aromatic nitrogens is 1. The summed E-state index contributed by atoms with van der Waals surface area (Å²) in [6.45, 7) is 7.04. The molecule has 2 aromatic rings. The Labute approximate surface area is 140 Å². The van der Waals surface area contributed by atoms with Crippen LogP contribution in [0.4, 0.5) is 4.79 Å². The summed E-state index contributed by atoms with van der Waals surface area (Å²) >= 11 is 1.19. The van der Waals surface area contributed by atoms with Crippen LogP contribution in [0.5, 0.6) is 0 Å². The minimum absolute atomic E-state index is 0.0594. The summed E-state index contributed by atoms with van der Waals surface area (Å²) in [4.78, 5) is 23.0. The molecule has 0 saturated heterocycles. The third-order valence-electron chi connectivity index (χ3n) is 2.86. The SMILES string of the molecule is CC(=O)SCC#Cc1ccc2c(ccn2C(=O)OC(C)(C)C)c1. The molecule has 0 N–H and O–H groups in total. The van der Waals surface area contributed by atoms with Crippen molar-refractivity contribution < 1.29 is 14.3 Å². The monoisotopic (exact) mass is 329 g/mol. The number of nitrogens with zero attached hydrogens (tertiary/aromatic N) is 1. The van der Waals surface area contributed by atoms with Crippen LogP contribution in [0.25, 0.3) is 10.9 Å². The fraction of sp³-hybridized carbons (Fsp3) is 0.333. The first-order valence-corrected chi connectivity index (χ1v) is 8.21. The summed E-state index contributed by atoms with van der Waals surface area (Å²) in [5, 5.41) is 0.978. The molecule has 0 unspecified atom stereocenters. The highest BCUT2D eigenvalue weighted by Gasteiger charge is 2.18. The maximum Gasteiger partial charge on any atom is 0.418 e. The van der Waals surface area contributed by atoms with Gasteiger partial charge in [0.25, 0.3) is 0 Å². The van der Waals surface area contributed by atoms with E-state index < -0.39 is 11.7 Å². The molecule has 0 fully saturated rings. The third-order valence-corrected chi connectivity index (χ3v) is 3.56. The van der Waals surface area contributed by atoms with Gasteiger partial charge in [-0.15, -0.1) is 0 Å². The molecule has 4 nitrogen and oxygen atoms in total. The van der Waals surface area contributed by atoms with E-state index in [1.165, 1.54) is 23.3 Å². The minimum Gasteiger partial charge on any atom is -0.443 e. The van der Waals surface area contributed by atoms with Gasteiger partial charge in [0.1, 0.15) is 5.60 Å². The van der Waals surface area contributed by atoms with Crippen molar-refractivity contribution in [3.8, 4) is 11.8 Å². The molecule has 5 heteroatoms. The number of thioether (sulfide) groups is 1. The van der Waals surface area contributed by atoms with Gasteiger partial charge >= 0.3 is 6.09 Å². The Kier molecular flexibility index (Phi) is 5.17. The van der Waals surface area contributed by atoms with Crippen molar-refractivity contribution in [2.45, 2.75) is 33.3 Å². The molecule has 2 rings (SSSR count). The van der Waals surface area contributed by atoms with E-state index in [1.54, 1.807) is 6.20 Å². The van der Waals surface area contributed by atoms with E-state index in [-0.39, 0.29) is 5.12 Å². The second-order valence-electron chi connectivity index (χ2n) is 6.02. The number of benzene rings is 1. The number of fused-ring (bicyclic) bond motifs is 1. The normalized spacial score (nSPS) is 11.0. The third kappa shape index (κ3) is 4.90. The number of rotatable bonds is 1. The zero-order valence-electron chi connectivity index (χ0n) is 13.7. The van der Waals surface area contributed by atoms with Gasteiger partial charge in [0.05, 0.1) is 11.3 Å². The number of hydrogen-bond acceptors (Lipinski definition) is 4. The molecule has 0 spiro atoms. The van der Waals surface area contributed by atoms with Crippen molar-refractivity contribution >= 4 is 33.9 Å². The Hall–Kier alpha value is -2.19. The highest BCUT2D eigenvalue weighted by atomic mass is 32.2. The smallest absolute Gasteiger partial charge is 0.418 e. The van der Waals surface area contributed by atoms with Crippen LogP contribution in [-0.4, -0.2) is 27.1 Å². The van der Waals surface area contributed by atoms with Gasteiger partial charge in [-0.2, -0.15) is 0 Å². The van der Waals surface area contributed by atoms with E-state index in [0.717, 1.165) is 16.5 Å². The lowest BCUT2D eigenvalue weighted by Gasteiger charge is -2.19. The number of carbonyl (C=O) groups excluding carboxylic acids is 2. The zero-order chi connectivity index (χ0) is 17.0. The molecule has 1 heterocycles. The summed E-state index contributed by atoms with van der Waals surface area (Å²) in [5.41, 5.74) is 1.10. The molecule has 0 atom stereocenters. The maximum atomic E-state index is 12.2. The standard InChI is InChI=1S/C18H19NO3S/c1-13(20)23-11-5-6-14-7-8-16-15(12-14)9-10-19(16)17(21)22-18(2,3)4/h7-10,12H,11H2,1-4H3. The van der Waals surface area contributed by atoms with Crippen molar-refractivity contribution in [3.63, 3.8) is 0 Å². The van der Waals surface area contributed by atoms with Gasteiger partial charge in [0.2, 0.25) is 0 Å². The molecule has 0 saturated carbocycles. The Balaban J connectivity index is 2.20. The van der Waals surface area contributed by atoms with Gasteiger partial charge in [-0.05, 0) is 45.0 Å². The predicted molar refractivity (Wildman–Crippen MR) is 93.6 cm³/mol. The number of hydrogen-bond donors (Lipinski definition) is 0. The molecule has 23 heavy (non-hydrogen) atoms. The second-order valence-corrected chi connectivity index (χ2v) is 7.17. The molecule has 1 aromatic heterocycles. The number of carbonyl (C=O) groups is 2. The molecule has 0 aliphatic rings. The van der Waals surface area contributed by atoms with Gasteiger partial charge in [-0.25, -0.2) is 4.79 Å². The Bertz CT molecular complexity index is 803. The molecule has 0 amide bonds. The zero-order valence-corrected chi connectivity index (χ0v) is 14.5. The predicted octanol–water partition coefficient (Wildman–Crippen LogP) is 4.06. The van der Waals surface area contributed by atoms with Gasteiger partial charge < -0.3 is 4.74 Å². The topological polar surface area (TPSA) is 48.3 Å². The Morgan fingerprint density at radius 2 is 2.00 bits per heavy atom. The largest absolute Gasteiger partial charge is 0.443 e. The first-order valence-electron chi connectivity index (χ1n) is 7.23.